The number of hydrogen-bond donors (Lipinski definition) is 1. The Labute approximate surface area is 170 Å². The van der Waals surface area contributed by atoms with E-state index in [0.717, 1.165) is 45.3 Å². The van der Waals surface area contributed by atoms with Crippen LogP contribution in [0.4, 0.5) is 0 Å². The molecule has 28 heavy (non-hydrogen) atoms. The number of sulfonamides is 1. The summed E-state index contributed by atoms with van der Waals surface area (Å²) in [5, 5.41) is 2.83. The van der Waals surface area contributed by atoms with Crippen LogP contribution >= 0.6 is 0 Å². The number of nitrogens with zero attached hydrogens (tertiary/aromatic N) is 2. The molecule has 1 amide bonds. The topological polar surface area (TPSA) is 69.7 Å². The van der Waals surface area contributed by atoms with Gasteiger partial charge in [0.15, 0.2) is 0 Å². The molecule has 0 atom stereocenters. The van der Waals surface area contributed by atoms with Gasteiger partial charge >= 0.3 is 0 Å². The molecule has 1 aliphatic rings. The lowest BCUT2D eigenvalue weighted by Gasteiger charge is -2.34. The molecule has 1 aromatic carbocycles. The van der Waals surface area contributed by atoms with Crippen molar-refractivity contribution in [3.8, 4) is 0 Å². The quantitative estimate of drug-likeness (QED) is 0.610. The summed E-state index contributed by atoms with van der Waals surface area (Å²) in [6.07, 6.45) is 3.64. The highest BCUT2D eigenvalue weighted by Gasteiger charge is 2.27. The van der Waals surface area contributed by atoms with Crippen LogP contribution in [0.3, 0.4) is 0 Å². The number of amides is 1. The first-order chi connectivity index (χ1) is 13.5. The third-order valence-corrected chi connectivity index (χ3v) is 7.15. The molecule has 0 radical (unpaired) electrons. The molecule has 1 aliphatic heterocycles. The van der Waals surface area contributed by atoms with Gasteiger partial charge in [-0.05, 0) is 18.4 Å². The van der Waals surface area contributed by atoms with Crippen molar-refractivity contribution in [1.82, 2.24) is 14.5 Å². The number of piperazine rings is 1. The molecule has 2 rings (SSSR count). The average Bonchev–Trinajstić information content (AvgIpc) is 2.69. The van der Waals surface area contributed by atoms with Crippen LogP contribution in [-0.4, -0.2) is 62.0 Å². The summed E-state index contributed by atoms with van der Waals surface area (Å²) in [5.74, 6) is -0.0339. The van der Waals surface area contributed by atoms with Gasteiger partial charge in [-0.25, -0.2) is 8.42 Å². The molecule has 0 aromatic heterocycles. The lowest BCUT2D eigenvalue weighted by atomic mass is 9.97. The zero-order valence-corrected chi connectivity index (χ0v) is 18.1. The fraction of sp³-hybridized carbons (Fsp3) is 0.667. The summed E-state index contributed by atoms with van der Waals surface area (Å²) in [4.78, 5) is 14.6. The summed E-state index contributed by atoms with van der Waals surface area (Å²) < 4.78 is 26.8. The highest BCUT2D eigenvalue weighted by molar-refractivity contribution is 7.89. The molecule has 6 nitrogen and oxygen atoms in total. The second kappa shape index (κ2) is 11.5. The van der Waals surface area contributed by atoms with Crippen LogP contribution in [0, 0.1) is 5.92 Å². The van der Waals surface area contributed by atoms with Crippen LogP contribution in [0.15, 0.2) is 30.3 Å². The van der Waals surface area contributed by atoms with E-state index in [1.807, 2.05) is 18.2 Å². The monoisotopic (exact) mass is 409 g/mol. The lowest BCUT2D eigenvalue weighted by Crippen LogP contribution is -2.49. The smallest absolute Gasteiger partial charge is 0.223 e. The van der Waals surface area contributed by atoms with Crippen LogP contribution in [0.2, 0.25) is 0 Å². The SMILES string of the molecule is CCCC(CCC)C(=O)NCCS(=O)(=O)N1CCN(Cc2ccccc2)CC1. The van der Waals surface area contributed by atoms with Crippen molar-refractivity contribution in [1.29, 1.82) is 0 Å². The maximum absolute atomic E-state index is 12.6. The molecule has 1 saturated heterocycles. The molecule has 7 heteroatoms. The Balaban J connectivity index is 1.75. The Morgan fingerprint density at radius 2 is 1.64 bits per heavy atom. The van der Waals surface area contributed by atoms with Crippen LogP contribution < -0.4 is 5.32 Å². The standard InChI is InChI=1S/C21H35N3O3S/c1-3-8-20(9-4-2)21(25)22-12-17-28(26,27)24-15-13-23(14-16-24)18-19-10-6-5-7-11-19/h5-7,10-11,20H,3-4,8-9,12-18H2,1-2H3,(H,22,25). The fourth-order valence-corrected chi connectivity index (χ4v) is 5.03. The first-order valence-corrected chi connectivity index (χ1v) is 12.1. The Bertz CT molecular complexity index is 680. The number of carbonyl (C=O) groups excluding carboxylic acids is 1. The van der Waals surface area contributed by atoms with E-state index < -0.39 is 10.0 Å². The molecule has 0 aliphatic carbocycles. The van der Waals surface area contributed by atoms with Gasteiger partial charge in [0.2, 0.25) is 15.9 Å². The van der Waals surface area contributed by atoms with Gasteiger partial charge < -0.3 is 5.32 Å². The van der Waals surface area contributed by atoms with Crippen molar-refractivity contribution in [3.63, 3.8) is 0 Å². The van der Waals surface area contributed by atoms with Gasteiger partial charge in [-0.2, -0.15) is 4.31 Å². The number of rotatable bonds is 11. The molecule has 158 valence electrons. The first-order valence-electron chi connectivity index (χ1n) is 10.5. The van der Waals surface area contributed by atoms with Gasteiger partial charge in [0.25, 0.3) is 0 Å². The zero-order valence-electron chi connectivity index (χ0n) is 17.3. The van der Waals surface area contributed by atoms with Crippen molar-refractivity contribution >= 4 is 15.9 Å². The van der Waals surface area contributed by atoms with E-state index in [1.54, 1.807) is 4.31 Å². The van der Waals surface area contributed by atoms with Crippen molar-refractivity contribution in [2.24, 2.45) is 5.92 Å². The summed E-state index contributed by atoms with van der Waals surface area (Å²) in [6, 6.07) is 10.2. The maximum Gasteiger partial charge on any atom is 0.223 e. The third-order valence-electron chi connectivity index (χ3n) is 5.28. The summed E-state index contributed by atoms with van der Waals surface area (Å²) >= 11 is 0. The maximum atomic E-state index is 12.6. The second-order valence-corrected chi connectivity index (χ2v) is 9.63. The van der Waals surface area contributed by atoms with Gasteiger partial charge in [-0.1, -0.05) is 57.0 Å². The third kappa shape index (κ3) is 7.18. The molecule has 1 aromatic rings. The minimum absolute atomic E-state index is 0.000708. The minimum atomic E-state index is -3.33. The Morgan fingerprint density at radius 3 is 2.21 bits per heavy atom. The van der Waals surface area contributed by atoms with Crippen LogP contribution in [0.1, 0.15) is 45.1 Å². The predicted octanol–water partition coefficient (Wildman–Crippen LogP) is 2.47. The zero-order chi connectivity index (χ0) is 20.4. The summed E-state index contributed by atoms with van der Waals surface area (Å²) in [5.41, 5.74) is 1.25. The average molecular weight is 410 g/mol. The summed E-state index contributed by atoms with van der Waals surface area (Å²) in [7, 11) is -3.33. The van der Waals surface area contributed by atoms with Gasteiger partial charge in [0.1, 0.15) is 0 Å². The predicted molar refractivity (Wildman–Crippen MR) is 113 cm³/mol. The number of hydrogen-bond acceptors (Lipinski definition) is 4. The van der Waals surface area contributed by atoms with E-state index in [1.165, 1.54) is 5.56 Å². The van der Waals surface area contributed by atoms with Crippen molar-refractivity contribution < 1.29 is 13.2 Å². The molecular formula is C21H35N3O3S. The molecule has 1 N–H and O–H groups in total. The Hall–Kier alpha value is -1.44. The molecule has 1 heterocycles. The van der Waals surface area contributed by atoms with E-state index in [0.29, 0.717) is 13.1 Å². The minimum Gasteiger partial charge on any atom is -0.355 e. The first kappa shape index (κ1) is 22.8. The van der Waals surface area contributed by atoms with E-state index in [-0.39, 0.29) is 24.1 Å². The van der Waals surface area contributed by atoms with Crippen molar-refractivity contribution in [3.05, 3.63) is 35.9 Å². The Kier molecular flexibility index (Phi) is 9.41. The molecule has 0 unspecified atom stereocenters. The van der Waals surface area contributed by atoms with Gasteiger partial charge in [0, 0.05) is 45.2 Å². The lowest BCUT2D eigenvalue weighted by molar-refractivity contribution is -0.125. The molecule has 1 fully saturated rings. The van der Waals surface area contributed by atoms with Crippen LogP contribution in [0.25, 0.3) is 0 Å². The van der Waals surface area contributed by atoms with E-state index >= 15 is 0 Å². The largest absolute Gasteiger partial charge is 0.355 e. The van der Waals surface area contributed by atoms with Gasteiger partial charge in [-0.3, -0.25) is 9.69 Å². The Morgan fingerprint density at radius 1 is 1.04 bits per heavy atom. The van der Waals surface area contributed by atoms with Crippen molar-refractivity contribution in [2.75, 3.05) is 38.5 Å². The van der Waals surface area contributed by atoms with Gasteiger partial charge in [0.05, 0.1) is 5.75 Å². The molecule has 0 saturated carbocycles. The van der Waals surface area contributed by atoms with Crippen LogP contribution in [-0.2, 0) is 21.4 Å². The fourth-order valence-electron chi connectivity index (χ4n) is 3.69. The number of nitrogens with one attached hydrogen (secondary N) is 1. The molecule has 0 spiro atoms. The normalized spacial score (nSPS) is 16.4. The number of carbonyl (C=O) groups is 1. The van der Waals surface area contributed by atoms with E-state index in [2.05, 4.69) is 36.2 Å². The van der Waals surface area contributed by atoms with Gasteiger partial charge in [-0.15, -0.1) is 0 Å². The second-order valence-electron chi connectivity index (χ2n) is 7.54. The van der Waals surface area contributed by atoms with Crippen LogP contribution in [0.5, 0.6) is 0 Å². The molecule has 0 bridgehead atoms. The van der Waals surface area contributed by atoms with E-state index in [4.69, 9.17) is 0 Å². The number of benzene rings is 1. The molecular weight excluding hydrogens is 374 g/mol. The highest BCUT2D eigenvalue weighted by atomic mass is 32.2. The van der Waals surface area contributed by atoms with E-state index in [9.17, 15) is 13.2 Å². The van der Waals surface area contributed by atoms with Crippen molar-refractivity contribution in [2.45, 2.75) is 46.1 Å². The summed E-state index contributed by atoms with van der Waals surface area (Å²) in [6.45, 7) is 7.66. The highest BCUT2D eigenvalue weighted by Crippen LogP contribution is 2.14.